The SMILES string of the molecule is CCc1cc(NCc2ccccc2)nc(Cl)n1. The number of hydrogen-bond acceptors (Lipinski definition) is 3. The van der Waals surface area contributed by atoms with Crippen LogP contribution in [-0.4, -0.2) is 9.97 Å². The number of anilines is 1. The number of nitrogens with zero attached hydrogens (tertiary/aromatic N) is 2. The standard InChI is InChI=1S/C13H14ClN3/c1-2-11-8-12(17-13(14)16-11)15-9-10-6-4-3-5-7-10/h3-8H,2,9H2,1H3,(H,15,16,17). The lowest BCUT2D eigenvalue weighted by molar-refractivity contribution is 0.987. The van der Waals surface area contributed by atoms with Crippen molar-refractivity contribution in [3.8, 4) is 0 Å². The second kappa shape index (κ2) is 5.64. The average molecular weight is 248 g/mol. The summed E-state index contributed by atoms with van der Waals surface area (Å²) in [5.74, 6) is 0.769. The van der Waals surface area contributed by atoms with Gasteiger partial charge in [-0.1, -0.05) is 37.3 Å². The molecular formula is C13H14ClN3. The van der Waals surface area contributed by atoms with Gasteiger partial charge in [0.25, 0.3) is 0 Å². The molecule has 0 aliphatic carbocycles. The first-order valence-electron chi connectivity index (χ1n) is 5.59. The zero-order chi connectivity index (χ0) is 12.1. The normalized spacial score (nSPS) is 10.2. The van der Waals surface area contributed by atoms with Crippen LogP contribution in [0.1, 0.15) is 18.2 Å². The zero-order valence-corrected chi connectivity index (χ0v) is 10.4. The van der Waals surface area contributed by atoms with Crippen molar-refractivity contribution in [2.45, 2.75) is 19.9 Å². The third-order valence-electron chi connectivity index (χ3n) is 2.43. The molecule has 0 amide bonds. The van der Waals surface area contributed by atoms with Crippen molar-refractivity contribution in [3.05, 3.63) is 52.9 Å². The average Bonchev–Trinajstić information content (AvgIpc) is 2.37. The summed E-state index contributed by atoms with van der Waals surface area (Å²) in [4.78, 5) is 8.26. The van der Waals surface area contributed by atoms with Crippen LogP contribution in [0.3, 0.4) is 0 Å². The third-order valence-corrected chi connectivity index (χ3v) is 2.60. The van der Waals surface area contributed by atoms with Gasteiger partial charge < -0.3 is 5.32 Å². The minimum atomic E-state index is 0.292. The number of benzene rings is 1. The first-order valence-corrected chi connectivity index (χ1v) is 5.97. The highest BCUT2D eigenvalue weighted by Crippen LogP contribution is 2.12. The maximum atomic E-state index is 5.85. The molecule has 0 saturated heterocycles. The molecule has 0 spiro atoms. The molecule has 1 heterocycles. The third kappa shape index (κ3) is 3.43. The summed E-state index contributed by atoms with van der Waals surface area (Å²) in [6.45, 7) is 2.77. The lowest BCUT2D eigenvalue weighted by atomic mass is 10.2. The van der Waals surface area contributed by atoms with Gasteiger partial charge in [0, 0.05) is 18.3 Å². The summed E-state index contributed by atoms with van der Waals surface area (Å²) >= 11 is 5.85. The molecule has 0 radical (unpaired) electrons. The van der Waals surface area contributed by atoms with Crippen molar-refractivity contribution in [3.63, 3.8) is 0 Å². The predicted molar refractivity (Wildman–Crippen MR) is 70.2 cm³/mol. The molecule has 0 saturated carbocycles. The summed E-state index contributed by atoms with van der Waals surface area (Å²) in [7, 11) is 0. The van der Waals surface area contributed by atoms with Crippen LogP contribution in [0, 0.1) is 0 Å². The number of hydrogen-bond donors (Lipinski definition) is 1. The van der Waals surface area contributed by atoms with E-state index in [0.717, 1.165) is 24.5 Å². The van der Waals surface area contributed by atoms with E-state index in [1.807, 2.05) is 31.2 Å². The monoisotopic (exact) mass is 247 g/mol. The highest BCUT2D eigenvalue weighted by atomic mass is 35.5. The Balaban J connectivity index is 2.06. The molecule has 0 bridgehead atoms. The Morgan fingerprint density at radius 1 is 1.18 bits per heavy atom. The van der Waals surface area contributed by atoms with Crippen molar-refractivity contribution in [1.29, 1.82) is 0 Å². The van der Waals surface area contributed by atoms with Crippen LogP contribution >= 0.6 is 11.6 Å². The van der Waals surface area contributed by atoms with Gasteiger partial charge in [0.2, 0.25) is 5.28 Å². The number of nitrogens with one attached hydrogen (secondary N) is 1. The van der Waals surface area contributed by atoms with Gasteiger partial charge in [-0.2, -0.15) is 0 Å². The van der Waals surface area contributed by atoms with E-state index in [-0.39, 0.29) is 0 Å². The highest BCUT2D eigenvalue weighted by molar-refractivity contribution is 6.28. The number of aryl methyl sites for hydroxylation is 1. The van der Waals surface area contributed by atoms with Crippen LogP contribution in [0.4, 0.5) is 5.82 Å². The Morgan fingerprint density at radius 2 is 1.94 bits per heavy atom. The number of rotatable bonds is 4. The molecule has 2 rings (SSSR count). The molecule has 1 N–H and O–H groups in total. The summed E-state index contributed by atoms with van der Waals surface area (Å²) in [5, 5.41) is 3.53. The van der Waals surface area contributed by atoms with E-state index in [4.69, 9.17) is 11.6 Å². The van der Waals surface area contributed by atoms with Crippen molar-refractivity contribution in [1.82, 2.24) is 9.97 Å². The fraction of sp³-hybridized carbons (Fsp3) is 0.231. The Kier molecular flexibility index (Phi) is 3.94. The molecule has 0 atom stereocenters. The van der Waals surface area contributed by atoms with Crippen molar-refractivity contribution < 1.29 is 0 Å². The fourth-order valence-corrected chi connectivity index (χ4v) is 1.73. The van der Waals surface area contributed by atoms with E-state index in [1.165, 1.54) is 5.56 Å². The van der Waals surface area contributed by atoms with Crippen LogP contribution in [0.15, 0.2) is 36.4 Å². The molecule has 17 heavy (non-hydrogen) atoms. The first-order chi connectivity index (χ1) is 8.28. The Bertz CT molecular complexity index is 485. The smallest absolute Gasteiger partial charge is 0.224 e. The van der Waals surface area contributed by atoms with Gasteiger partial charge in [-0.05, 0) is 23.6 Å². The quantitative estimate of drug-likeness (QED) is 0.843. The topological polar surface area (TPSA) is 37.8 Å². The molecule has 2 aromatic rings. The molecule has 1 aromatic heterocycles. The maximum absolute atomic E-state index is 5.85. The van der Waals surface area contributed by atoms with E-state index in [2.05, 4.69) is 27.4 Å². The predicted octanol–water partition coefficient (Wildman–Crippen LogP) is 3.30. The van der Waals surface area contributed by atoms with E-state index in [1.54, 1.807) is 0 Å². The van der Waals surface area contributed by atoms with E-state index in [9.17, 15) is 0 Å². The lowest BCUT2D eigenvalue weighted by Crippen LogP contribution is -2.03. The molecule has 0 aliphatic rings. The van der Waals surface area contributed by atoms with Gasteiger partial charge in [0.1, 0.15) is 5.82 Å². The van der Waals surface area contributed by atoms with Gasteiger partial charge in [0.15, 0.2) is 0 Å². The number of halogens is 1. The van der Waals surface area contributed by atoms with E-state index < -0.39 is 0 Å². The van der Waals surface area contributed by atoms with Gasteiger partial charge in [-0.3, -0.25) is 0 Å². The van der Waals surface area contributed by atoms with Crippen LogP contribution in [0.25, 0.3) is 0 Å². The Labute approximate surface area is 106 Å². The number of aromatic nitrogens is 2. The first kappa shape index (κ1) is 11.9. The summed E-state index contributed by atoms with van der Waals surface area (Å²) in [5.41, 5.74) is 2.15. The van der Waals surface area contributed by atoms with Crippen molar-refractivity contribution >= 4 is 17.4 Å². The summed E-state index contributed by atoms with van der Waals surface area (Å²) in [6.07, 6.45) is 0.849. The fourth-order valence-electron chi connectivity index (χ4n) is 1.53. The second-order valence-corrected chi connectivity index (χ2v) is 4.04. The Hall–Kier alpha value is -1.61. The molecular weight excluding hydrogens is 234 g/mol. The molecule has 3 nitrogen and oxygen atoms in total. The van der Waals surface area contributed by atoms with Crippen LogP contribution in [0.5, 0.6) is 0 Å². The van der Waals surface area contributed by atoms with E-state index in [0.29, 0.717) is 5.28 Å². The molecule has 0 aliphatic heterocycles. The Morgan fingerprint density at radius 3 is 2.65 bits per heavy atom. The largest absolute Gasteiger partial charge is 0.366 e. The van der Waals surface area contributed by atoms with Crippen molar-refractivity contribution in [2.75, 3.05) is 5.32 Å². The summed E-state index contributed by atoms with van der Waals surface area (Å²) in [6, 6.07) is 12.1. The van der Waals surface area contributed by atoms with Crippen LogP contribution in [-0.2, 0) is 13.0 Å². The summed E-state index contributed by atoms with van der Waals surface area (Å²) < 4.78 is 0. The molecule has 88 valence electrons. The minimum absolute atomic E-state index is 0.292. The lowest BCUT2D eigenvalue weighted by Gasteiger charge is -2.07. The van der Waals surface area contributed by atoms with E-state index >= 15 is 0 Å². The van der Waals surface area contributed by atoms with Crippen LogP contribution in [0.2, 0.25) is 5.28 Å². The zero-order valence-electron chi connectivity index (χ0n) is 9.65. The molecule has 1 aromatic carbocycles. The van der Waals surface area contributed by atoms with Crippen LogP contribution < -0.4 is 5.32 Å². The second-order valence-electron chi connectivity index (χ2n) is 3.71. The molecule has 0 fully saturated rings. The highest BCUT2D eigenvalue weighted by Gasteiger charge is 2.01. The molecule has 0 unspecified atom stereocenters. The minimum Gasteiger partial charge on any atom is -0.366 e. The van der Waals surface area contributed by atoms with Gasteiger partial charge >= 0.3 is 0 Å². The molecule has 4 heteroatoms. The van der Waals surface area contributed by atoms with Gasteiger partial charge in [-0.25, -0.2) is 9.97 Å². The van der Waals surface area contributed by atoms with Gasteiger partial charge in [0.05, 0.1) is 0 Å². The van der Waals surface area contributed by atoms with Gasteiger partial charge in [-0.15, -0.1) is 0 Å². The van der Waals surface area contributed by atoms with Crippen molar-refractivity contribution in [2.24, 2.45) is 0 Å². The maximum Gasteiger partial charge on any atom is 0.224 e.